The summed E-state index contributed by atoms with van der Waals surface area (Å²) >= 11 is 0. The molecule has 1 amide bonds. The number of amides is 1. The van der Waals surface area contributed by atoms with Crippen molar-refractivity contribution in [2.75, 3.05) is 18.4 Å². The van der Waals surface area contributed by atoms with Gasteiger partial charge in [0.1, 0.15) is 11.4 Å². The van der Waals surface area contributed by atoms with Crippen molar-refractivity contribution in [2.24, 2.45) is 0 Å². The van der Waals surface area contributed by atoms with E-state index in [0.717, 1.165) is 50.4 Å². The molecule has 2 unspecified atom stereocenters. The molecule has 1 aromatic carbocycles. The topological polar surface area (TPSA) is 75.1 Å². The minimum atomic E-state index is -0.0471. The fourth-order valence-electron chi connectivity index (χ4n) is 4.79. The minimum absolute atomic E-state index is 0.0471. The molecule has 0 bridgehead atoms. The van der Waals surface area contributed by atoms with E-state index in [1.54, 1.807) is 6.20 Å². The van der Waals surface area contributed by atoms with Gasteiger partial charge in [0.15, 0.2) is 0 Å². The number of piperidine rings is 1. The second-order valence-electron chi connectivity index (χ2n) is 8.90. The molecule has 32 heavy (non-hydrogen) atoms. The second kappa shape index (κ2) is 9.12. The lowest BCUT2D eigenvalue weighted by atomic mass is 10.0. The average Bonchev–Trinajstić information content (AvgIpc) is 3.26. The van der Waals surface area contributed by atoms with Crippen LogP contribution < -0.4 is 10.6 Å². The van der Waals surface area contributed by atoms with Crippen LogP contribution in [0.5, 0.6) is 0 Å². The molecule has 2 atom stereocenters. The largest absolute Gasteiger partial charge is 0.361 e. The molecule has 2 N–H and O–H groups in total. The Labute approximate surface area is 188 Å². The number of carbonyl (C=O) groups excluding carboxylic acids is 1. The number of hydrogen-bond donors (Lipinski definition) is 2. The van der Waals surface area contributed by atoms with Gasteiger partial charge < -0.3 is 10.6 Å². The third-order valence-electron chi connectivity index (χ3n) is 6.56. The highest BCUT2D eigenvalue weighted by atomic mass is 16.1. The summed E-state index contributed by atoms with van der Waals surface area (Å²) in [4.78, 5) is 20.1. The summed E-state index contributed by atoms with van der Waals surface area (Å²) < 4.78 is 1.93. The van der Waals surface area contributed by atoms with Crippen LogP contribution in [0.15, 0.2) is 60.9 Å². The molecule has 3 aromatic rings. The molecule has 2 aliphatic heterocycles. The molecule has 0 saturated carbocycles. The Kier molecular flexibility index (Phi) is 5.90. The van der Waals surface area contributed by atoms with Gasteiger partial charge in [-0.3, -0.25) is 14.7 Å². The summed E-state index contributed by atoms with van der Waals surface area (Å²) in [6.45, 7) is 5.08. The summed E-state index contributed by atoms with van der Waals surface area (Å²) in [5, 5.41) is 11.3. The molecule has 0 spiro atoms. The van der Waals surface area contributed by atoms with E-state index in [1.165, 1.54) is 5.56 Å². The SMILES string of the molecule is CC1CC(c2ccccn2)Nc2c(C(=O)NC3CCN(Cc4ccccc4)CC3)cnn21. The van der Waals surface area contributed by atoms with Crippen LogP contribution in [0, 0.1) is 0 Å². The molecular formula is C25H30N6O. The standard InChI is InChI=1S/C25H30N6O/c1-18-15-23(22-9-5-6-12-26-22)29-24-21(16-27-31(18)24)25(32)28-20-10-13-30(14-11-20)17-19-7-3-2-4-8-19/h2-9,12,16,18,20,23,29H,10-11,13-15,17H2,1H3,(H,28,32). The van der Waals surface area contributed by atoms with E-state index in [-0.39, 0.29) is 24.0 Å². The second-order valence-corrected chi connectivity index (χ2v) is 8.90. The quantitative estimate of drug-likeness (QED) is 0.644. The number of carbonyl (C=O) groups is 1. The molecule has 1 fully saturated rings. The zero-order valence-electron chi connectivity index (χ0n) is 18.4. The van der Waals surface area contributed by atoms with Gasteiger partial charge in [0.2, 0.25) is 0 Å². The van der Waals surface area contributed by atoms with Crippen molar-refractivity contribution < 1.29 is 4.79 Å². The molecule has 0 aliphatic carbocycles. The number of likely N-dealkylation sites (tertiary alicyclic amines) is 1. The van der Waals surface area contributed by atoms with Crippen LogP contribution in [0.3, 0.4) is 0 Å². The summed E-state index contributed by atoms with van der Waals surface area (Å²) in [5.41, 5.74) is 2.94. The van der Waals surface area contributed by atoms with Crippen LogP contribution in [0.4, 0.5) is 5.82 Å². The number of hydrogen-bond acceptors (Lipinski definition) is 5. The number of fused-ring (bicyclic) bond motifs is 1. The van der Waals surface area contributed by atoms with E-state index in [4.69, 9.17) is 0 Å². The third kappa shape index (κ3) is 4.39. The number of pyridine rings is 1. The molecule has 4 heterocycles. The smallest absolute Gasteiger partial charge is 0.256 e. The first kappa shape index (κ1) is 20.7. The van der Waals surface area contributed by atoms with Gasteiger partial charge in [0.05, 0.1) is 24.0 Å². The zero-order valence-corrected chi connectivity index (χ0v) is 18.4. The van der Waals surface area contributed by atoms with Crippen molar-refractivity contribution in [3.63, 3.8) is 0 Å². The third-order valence-corrected chi connectivity index (χ3v) is 6.56. The molecule has 1 saturated heterocycles. The number of nitrogens with zero attached hydrogens (tertiary/aromatic N) is 4. The molecule has 2 aliphatic rings. The Morgan fingerprint density at radius 1 is 1.12 bits per heavy atom. The number of nitrogens with one attached hydrogen (secondary N) is 2. The number of benzene rings is 1. The van der Waals surface area contributed by atoms with Gasteiger partial charge in [-0.2, -0.15) is 5.10 Å². The normalized spacial score (nSPS) is 21.5. The monoisotopic (exact) mass is 430 g/mol. The Hall–Kier alpha value is -3.19. The van der Waals surface area contributed by atoms with E-state index in [0.29, 0.717) is 5.56 Å². The van der Waals surface area contributed by atoms with Crippen molar-refractivity contribution in [2.45, 2.75) is 50.9 Å². The first-order chi connectivity index (χ1) is 15.7. The molecule has 0 radical (unpaired) electrons. The van der Waals surface area contributed by atoms with Crippen molar-refractivity contribution in [3.05, 3.63) is 77.7 Å². The maximum Gasteiger partial charge on any atom is 0.256 e. The number of aromatic nitrogens is 3. The zero-order chi connectivity index (χ0) is 21.9. The van der Waals surface area contributed by atoms with Gasteiger partial charge in [0.25, 0.3) is 5.91 Å². The first-order valence-corrected chi connectivity index (χ1v) is 11.5. The van der Waals surface area contributed by atoms with Gasteiger partial charge >= 0.3 is 0 Å². The molecule has 7 heteroatoms. The van der Waals surface area contributed by atoms with Crippen LogP contribution in [-0.2, 0) is 6.54 Å². The molecule has 5 rings (SSSR count). The highest BCUT2D eigenvalue weighted by Crippen LogP contribution is 2.35. The van der Waals surface area contributed by atoms with Crippen LogP contribution in [0.1, 0.15) is 59.9 Å². The van der Waals surface area contributed by atoms with Gasteiger partial charge in [-0.15, -0.1) is 0 Å². The maximum atomic E-state index is 13.1. The fraction of sp³-hybridized carbons (Fsp3) is 0.400. The van der Waals surface area contributed by atoms with E-state index in [2.05, 4.69) is 62.9 Å². The summed E-state index contributed by atoms with van der Waals surface area (Å²) in [6, 6.07) is 17.0. The fourth-order valence-corrected chi connectivity index (χ4v) is 4.79. The van der Waals surface area contributed by atoms with Crippen molar-refractivity contribution in [3.8, 4) is 0 Å². The molecule has 7 nitrogen and oxygen atoms in total. The highest BCUT2D eigenvalue weighted by Gasteiger charge is 2.31. The van der Waals surface area contributed by atoms with Gasteiger partial charge in [-0.05, 0) is 43.9 Å². The van der Waals surface area contributed by atoms with Gasteiger partial charge in [-0.1, -0.05) is 36.4 Å². The predicted molar refractivity (Wildman–Crippen MR) is 124 cm³/mol. The Morgan fingerprint density at radius 2 is 1.91 bits per heavy atom. The summed E-state index contributed by atoms with van der Waals surface area (Å²) in [7, 11) is 0. The maximum absolute atomic E-state index is 13.1. The lowest BCUT2D eigenvalue weighted by molar-refractivity contribution is 0.0909. The van der Waals surface area contributed by atoms with Gasteiger partial charge in [-0.25, -0.2) is 4.68 Å². The van der Waals surface area contributed by atoms with Crippen LogP contribution in [-0.4, -0.2) is 44.7 Å². The first-order valence-electron chi connectivity index (χ1n) is 11.5. The Bertz CT molecular complexity index is 1040. The number of anilines is 1. The minimum Gasteiger partial charge on any atom is -0.361 e. The molecule has 166 valence electrons. The van der Waals surface area contributed by atoms with Gasteiger partial charge in [0, 0.05) is 31.9 Å². The van der Waals surface area contributed by atoms with E-state index >= 15 is 0 Å². The number of rotatable bonds is 5. The van der Waals surface area contributed by atoms with E-state index < -0.39 is 0 Å². The average molecular weight is 431 g/mol. The summed E-state index contributed by atoms with van der Waals surface area (Å²) in [6.07, 6.45) is 6.31. The Morgan fingerprint density at radius 3 is 2.66 bits per heavy atom. The highest BCUT2D eigenvalue weighted by molar-refractivity contribution is 5.99. The van der Waals surface area contributed by atoms with Crippen LogP contribution in [0.2, 0.25) is 0 Å². The lowest BCUT2D eigenvalue weighted by Gasteiger charge is -2.33. The molecule has 2 aromatic heterocycles. The van der Waals surface area contributed by atoms with E-state index in [1.807, 2.05) is 29.1 Å². The summed E-state index contributed by atoms with van der Waals surface area (Å²) in [5.74, 6) is 0.743. The van der Waals surface area contributed by atoms with Crippen LogP contribution in [0.25, 0.3) is 0 Å². The lowest BCUT2D eigenvalue weighted by Crippen LogP contribution is -2.44. The van der Waals surface area contributed by atoms with E-state index in [9.17, 15) is 4.79 Å². The van der Waals surface area contributed by atoms with Crippen molar-refractivity contribution in [1.29, 1.82) is 0 Å². The Balaban J connectivity index is 1.21. The van der Waals surface area contributed by atoms with Crippen molar-refractivity contribution in [1.82, 2.24) is 25.0 Å². The van der Waals surface area contributed by atoms with Crippen LogP contribution >= 0.6 is 0 Å². The van der Waals surface area contributed by atoms with Crippen molar-refractivity contribution >= 4 is 11.7 Å². The molecular weight excluding hydrogens is 400 g/mol. The predicted octanol–water partition coefficient (Wildman–Crippen LogP) is 3.79.